The van der Waals surface area contributed by atoms with Gasteiger partial charge in [-0.15, -0.1) is 10.2 Å². The Balaban J connectivity index is 1.49. The number of benzene rings is 3. The van der Waals surface area contributed by atoms with E-state index in [9.17, 15) is 9.90 Å². The van der Waals surface area contributed by atoms with Crippen molar-refractivity contribution in [2.45, 2.75) is 12.1 Å². The first kappa shape index (κ1) is 26.1. The Morgan fingerprint density at radius 3 is 2.35 bits per heavy atom. The molecule has 4 rings (SSSR count). The first-order valence-electron chi connectivity index (χ1n) is 11.1. The molecule has 0 aliphatic heterocycles. The molecule has 0 unspecified atom stereocenters. The van der Waals surface area contributed by atoms with Gasteiger partial charge >= 0.3 is 0 Å². The Bertz CT molecular complexity index is 1400. The number of rotatable bonds is 9. The van der Waals surface area contributed by atoms with Crippen LogP contribution in [0.15, 0.2) is 70.9 Å². The van der Waals surface area contributed by atoms with E-state index >= 15 is 0 Å². The van der Waals surface area contributed by atoms with Crippen LogP contribution in [-0.4, -0.2) is 52.0 Å². The molecule has 2 N–H and O–H groups in total. The molecule has 0 saturated carbocycles. The third-order valence-corrected chi connectivity index (χ3v) is 6.45. The molecule has 0 spiro atoms. The van der Waals surface area contributed by atoms with Crippen molar-refractivity contribution in [2.24, 2.45) is 5.10 Å². The number of hydrogen-bond acceptors (Lipinski definition) is 8. The van der Waals surface area contributed by atoms with E-state index in [-0.39, 0.29) is 28.9 Å². The Hall–Kier alpha value is -4.02. The van der Waals surface area contributed by atoms with Crippen molar-refractivity contribution in [2.75, 3.05) is 20.0 Å². The van der Waals surface area contributed by atoms with Gasteiger partial charge in [-0.3, -0.25) is 9.36 Å². The van der Waals surface area contributed by atoms with E-state index in [1.54, 1.807) is 24.3 Å². The summed E-state index contributed by atoms with van der Waals surface area (Å²) >= 11 is 7.32. The Morgan fingerprint density at radius 2 is 1.73 bits per heavy atom. The van der Waals surface area contributed by atoms with E-state index < -0.39 is 0 Å². The van der Waals surface area contributed by atoms with Gasteiger partial charge in [0.2, 0.25) is 5.75 Å². The van der Waals surface area contributed by atoms with Crippen LogP contribution in [0.4, 0.5) is 0 Å². The van der Waals surface area contributed by atoms with Crippen LogP contribution in [0.1, 0.15) is 11.1 Å². The van der Waals surface area contributed by atoms with E-state index in [2.05, 4.69) is 20.7 Å². The van der Waals surface area contributed by atoms with Gasteiger partial charge in [-0.2, -0.15) is 5.10 Å². The molecule has 190 valence electrons. The summed E-state index contributed by atoms with van der Waals surface area (Å²) in [5, 5.41) is 23.9. The molecule has 1 heterocycles. The zero-order valence-electron chi connectivity index (χ0n) is 20.3. The van der Waals surface area contributed by atoms with E-state index in [1.807, 2.05) is 47.9 Å². The number of nitrogens with one attached hydrogen (secondary N) is 1. The molecule has 0 aliphatic carbocycles. The van der Waals surface area contributed by atoms with Gasteiger partial charge in [0.25, 0.3) is 5.91 Å². The Morgan fingerprint density at radius 1 is 1.08 bits per heavy atom. The molecule has 37 heavy (non-hydrogen) atoms. The summed E-state index contributed by atoms with van der Waals surface area (Å²) in [6.45, 7) is 2.02. The summed E-state index contributed by atoms with van der Waals surface area (Å²) in [5.41, 5.74) is 5.92. The van der Waals surface area contributed by atoms with Crippen LogP contribution in [0.25, 0.3) is 17.1 Å². The molecule has 9 nitrogen and oxygen atoms in total. The van der Waals surface area contributed by atoms with Gasteiger partial charge in [-0.05, 0) is 43.3 Å². The summed E-state index contributed by atoms with van der Waals surface area (Å²) < 4.78 is 12.2. The summed E-state index contributed by atoms with van der Waals surface area (Å²) in [7, 11) is 2.86. The van der Waals surface area contributed by atoms with Crippen molar-refractivity contribution in [1.29, 1.82) is 0 Å². The predicted molar refractivity (Wildman–Crippen MR) is 144 cm³/mol. The van der Waals surface area contributed by atoms with E-state index in [1.165, 1.54) is 32.2 Å². The highest BCUT2D eigenvalue weighted by Gasteiger charge is 2.17. The van der Waals surface area contributed by atoms with Crippen LogP contribution in [0.5, 0.6) is 17.2 Å². The van der Waals surface area contributed by atoms with Gasteiger partial charge in [0.05, 0.1) is 26.2 Å². The van der Waals surface area contributed by atoms with Gasteiger partial charge in [-0.1, -0.05) is 53.2 Å². The number of hydrogen-bond donors (Lipinski definition) is 2. The molecule has 11 heteroatoms. The van der Waals surface area contributed by atoms with Gasteiger partial charge < -0.3 is 14.6 Å². The van der Waals surface area contributed by atoms with Crippen LogP contribution in [0, 0.1) is 6.92 Å². The van der Waals surface area contributed by atoms with Crippen molar-refractivity contribution in [3.05, 3.63) is 76.8 Å². The SMILES string of the molecule is COc1cc(/C=N\NC(=O)CSc2nnc(-c3ccc(C)cc3)n2-c2ccc(Cl)cc2)cc(OC)c1O. The second-order valence-corrected chi connectivity index (χ2v) is 9.22. The minimum atomic E-state index is -0.332. The number of ether oxygens (including phenoxy) is 2. The summed E-state index contributed by atoms with van der Waals surface area (Å²) in [4.78, 5) is 12.5. The second kappa shape index (κ2) is 11.8. The van der Waals surface area contributed by atoms with Crippen LogP contribution in [0.2, 0.25) is 5.02 Å². The molecular formula is C26H24ClN5O4S. The first-order valence-corrected chi connectivity index (χ1v) is 12.4. The molecular weight excluding hydrogens is 514 g/mol. The Kier molecular flexibility index (Phi) is 8.32. The van der Waals surface area contributed by atoms with Crippen molar-refractivity contribution in [3.63, 3.8) is 0 Å². The fourth-order valence-corrected chi connectivity index (χ4v) is 4.28. The number of carbonyl (C=O) groups excluding carboxylic acids is 1. The fourth-order valence-electron chi connectivity index (χ4n) is 3.41. The van der Waals surface area contributed by atoms with E-state index in [4.69, 9.17) is 21.1 Å². The lowest BCUT2D eigenvalue weighted by Crippen LogP contribution is -2.20. The lowest BCUT2D eigenvalue weighted by Gasteiger charge is -2.10. The lowest BCUT2D eigenvalue weighted by atomic mass is 10.1. The number of carbonyl (C=O) groups is 1. The van der Waals surface area contributed by atoms with E-state index in [0.717, 1.165) is 16.8 Å². The second-order valence-electron chi connectivity index (χ2n) is 7.84. The van der Waals surface area contributed by atoms with Gasteiger partial charge in [0, 0.05) is 21.8 Å². The molecule has 1 amide bonds. The van der Waals surface area contributed by atoms with Crippen molar-refractivity contribution >= 4 is 35.5 Å². The van der Waals surface area contributed by atoms with Crippen LogP contribution < -0.4 is 14.9 Å². The molecule has 1 aromatic heterocycles. The average Bonchev–Trinajstić information content (AvgIpc) is 3.33. The molecule has 4 aromatic rings. The highest BCUT2D eigenvalue weighted by atomic mass is 35.5. The lowest BCUT2D eigenvalue weighted by molar-refractivity contribution is -0.118. The van der Waals surface area contributed by atoms with Crippen molar-refractivity contribution in [3.8, 4) is 34.3 Å². The molecule has 0 atom stereocenters. The molecule has 0 radical (unpaired) electrons. The topological polar surface area (TPSA) is 111 Å². The maximum atomic E-state index is 12.5. The number of halogens is 1. The smallest absolute Gasteiger partial charge is 0.250 e. The number of nitrogens with zero attached hydrogens (tertiary/aromatic N) is 4. The molecule has 0 bridgehead atoms. The van der Waals surface area contributed by atoms with Gasteiger partial charge in [-0.25, -0.2) is 5.43 Å². The highest BCUT2D eigenvalue weighted by molar-refractivity contribution is 7.99. The van der Waals surface area contributed by atoms with Crippen LogP contribution >= 0.6 is 23.4 Å². The first-order chi connectivity index (χ1) is 17.9. The number of phenols is 1. The minimum Gasteiger partial charge on any atom is -0.502 e. The van der Waals surface area contributed by atoms with Gasteiger partial charge in [0.1, 0.15) is 0 Å². The number of amides is 1. The number of phenolic OH excluding ortho intramolecular Hbond substituents is 1. The average molecular weight is 538 g/mol. The maximum absolute atomic E-state index is 12.5. The highest BCUT2D eigenvalue weighted by Crippen LogP contribution is 2.36. The maximum Gasteiger partial charge on any atom is 0.250 e. The largest absolute Gasteiger partial charge is 0.502 e. The predicted octanol–water partition coefficient (Wildman–Crippen LogP) is 4.86. The fraction of sp³-hybridized carbons (Fsp3) is 0.154. The molecule has 0 fully saturated rings. The van der Waals surface area contributed by atoms with Crippen LogP contribution in [-0.2, 0) is 4.79 Å². The summed E-state index contributed by atoms with van der Waals surface area (Å²) in [5.74, 6) is 0.721. The molecule has 0 aliphatic rings. The zero-order valence-corrected chi connectivity index (χ0v) is 21.9. The number of aryl methyl sites for hydroxylation is 1. The van der Waals surface area contributed by atoms with Crippen molar-refractivity contribution < 1.29 is 19.4 Å². The third kappa shape index (κ3) is 6.22. The standard InChI is InChI=1S/C26H24ClN5O4S/c1-16-4-6-18(7-5-16)25-30-31-26(32(25)20-10-8-19(27)9-11-20)37-15-23(33)29-28-14-17-12-21(35-2)24(34)22(13-17)36-3/h4-14,34H,15H2,1-3H3,(H,29,33)/b28-14-. The monoisotopic (exact) mass is 537 g/mol. The van der Waals surface area contributed by atoms with Gasteiger partial charge in [0.15, 0.2) is 22.5 Å². The number of aromatic nitrogens is 3. The van der Waals surface area contributed by atoms with Crippen molar-refractivity contribution in [1.82, 2.24) is 20.2 Å². The normalized spacial score (nSPS) is 11.0. The number of methoxy groups -OCH3 is 2. The third-order valence-electron chi connectivity index (χ3n) is 5.27. The van der Waals surface area contributed by atoms with E-state index in [0.29, 0.717) is 21.6 Å². The minimum absolute atomic E-state index is 0.0547. The molecule has 3 aromatic carbocycles. The number of hydrazone groups is 1. The molecule has 0 saturated heterocycles. The summed E-state index contributed by atoms with van der Waals surface area (Å²) in [6, 6.07) is 18.5. The summed E-state index contributed by atoms with van der Waals surface area (Å²) in [6.07, 6.45) is 1.43. The zero-order chi connectivity index (χ0) is 26.4. The van der Waals surface area contributed by atoms with Crippen LogP contribution in [0.3, 0.4) is 0 Å². The number of thioether (sulfide) groups is 1. The number of aromatic hydroxyl groups is 1. The quantitative estimate of drug-likeness (QED) is 0.178. The Labute approximate surface area is 223 Å².